The predicted octanol–water partition coefficient (Wildman–Crippen LogP) is 2.08. The number of hydrogen-bond donors (Lipinski definition) is 0. The second kappa shape index (κ2) is 3.96. The first-order chi connectivity index (χ1) is 7.33. The largest absolute Gasteiger partial charge is 0.465 e. The van der Waals surface area contributed by atoms with Crippen molar-refractivity contribution in [3.63, 3.8) is 0 Å². The van der Waals surface area contributed by atoms with Gasteiger partial charge in [-0.05, 0) is 18.2 Å². The lowest BCUT2D eigenvalue weighted by Gasteiger charge is -2.06. The molecule has 2 rings (SSSR count). The van der Waals surface area contributed by atoms with E-state index in [1.165, 1.54) is 13.4 Å². The van der Waals surface area contributed by atoms with E-state index in [9.17, 15) is 4.79 Å². The topological polar surface area (TPSA) is 47.9 Å². The summed E-state index contributed by atoms with van der Waals surface area (Å²) in [5, 5.41) is 0. The van der Waals surface area contributed by atoms with Crippen molar-refractivity contribution in [2.45, 2.75) is 0 Å². The molecule has 4 heteroatoms. The summed E-state index contributed by atoms with van der Waals surface area (Å²) in [4.78, 5) is 15.5. The minimum atomic E-state index is -0.422. The number of aliphatic imine (C=N–C) groups is 1. The Balaban J connectivity index is 2.54. The highest BCUT2D eigenvalue weighted by atomic mass is 16.5. The number of benzene rings is 1. The van der Waals surface area contributed by atoms with Gasteiger partial charge in [0.05, 0.1) is 18.9 Å². The highest BCUT2D eigenvalue weighted by Gasteiger charge is 2.15. The van der Waals surface area contributed by atoms with E-state index in [1.54, 1.807) is 30.5 Å². The van der Waals surface area contributed by atoms with E-state index in [1.807, 2.05) is 0 Å². The molecule has 0 spiro atoms. The maximum absolute atomic E-state index is 11.4. The first kappa shape index (κ1) is 9.45. The zero-order valence-electron chi connectivity index (χ0n) is 8.14. The van der Waals surface area contributed by atoms with Gasteiger partial charge in [-0.3, -0.25) is 4.99 Å². The molecule has 0 radical (unpaired) electrons. The van der Waals surface area contributed by atoms with Crippen molar-refractivity contribution in [3.8, 4) is 5.75 Å². The molecule has 1 aromatic carbocycles. The van der Waals surface area contributed by atoms with Crippen molar-refractivity contribution in [3.05, 3.63) is 36.1 Å². The van der Waals surface area contributed by atoms with Gasteiger partial charge in [-0.15, -0.1) is 0 Å². The van der Waals surface area contributed by atoms with Crippen molar-refractivity contribution in [2.24, 2.45) is 4.99 Å². The summed E-state index contributed by atoms with van der Waals surface area (Å²) in [7, 11) is 1.33. The predicted molar refractivity (Wildman–Crippen MR) is 55.7 cm³/mol. The first-order valence-electron chi connectivity index (χ1n) is 4.40. The van der Waals surface area contributed by atoms with E-state index < -0.39 is 5.97 Å². The number of fused-ring (bicyclic) bond motifs is 1. The molecule has 0 aliphatic carbocycles. The standard InChI is InChI=1S/C11H9NO3/c1-14-11(13)8-4-2-5-9-10(8)12-6-3-7-15-9/h2-7H,1H3. The van der Waals surface area contributed by atoms with Crippen LogP contribution in [0, 0.1) is 0 Å². The van der Waals surface area contributed by atoms with Crippen LogP contribution in [0.4, 0.5) is 5.69 Å². The SMILES string of the molecule is COC(=O)c1cccc2c1N=CC=CO2. The van der Waals surface area contributed by atoms with E-state index in [4.69, 9.17) is 4.74 Å². The van der Waals surface area contributed by atoms with E-state index in [0.717, 1.165) is 0 Å². The third-order valence-electron chi connectivity index (χ3n) is 1.97. The van der Waals surface area contributed by atoms with Gasteiger partial charge in [0.25, 0.3) is 0 Å². The summed E-state index contributed by atoms with van der Waals surface area (Å²) in [5.74, 6) is 0.123. The number of methoxy groups -OCH3 is 1. The number of para-hydroxylation sites is 1. The van der Waals surface area contributed by atoms with Crippen molar-refractivity contribution >= 4 is 17.9 Å². The number of allylic oxidation sites excluding steroid dienone is 1. The van der Waals surface area contributed by atoms with Gasteiger partial charge in [0.15, 0.2) is 5.75 Å². The van der Waals surface area contributed by atoms with Crippen LogP contribution in [-0.2, 0) is 4.74 Å². The Hall–Kier alpha value is -2.10. The van der Waals surface area contributed by atoms with Crippen LogP contribution in [0.15, 0.2) is 35.5 Å². The fraction of sp³-hybridized carbons (Fsp3) is 0.0909. The van der Waals surface area contributed by atoms with Gasteiger partial charge in [0.1, 0.15) is 5.69 Å². The Kier molecular flexibility index (Phi) is 2.49. The number of carbonyl (C=O) groups is 1. The zero-order valence-corrected chi connectivity index (χ0v) is 8.14. The fourth-order valence-corrected chi connectivity index (χ4v) is 1.29. The highest BCUT2D eigenvalue weighted by molar-refractivity contribution is 5.97. The van der Waals surface area contributed by atoms with Crippen molar-refractivity contribution in [1.82, 2.24) is 0 Å². The second-order valence-electron chi connectivity index (χ2n) is 2.87. The molecule has 0 fully saturated rings. The smallest absolute Gasteiger partial charge is 0.340 e. The molecular formula is C11H9NO3. The van der Waals surface area contributed by atoms with Crippen LogP contribution in [0.1, 0.15) is 10.4 Å². The van der Waals surface area contributed by atoms with Gasteiger partial charge in [0, 0.05) is 6.21 Å². The maximum Gasteiger partial charge on any atom is 0.340 e. The van der Waals surface area contributed by atoms with Crippen LogP contribution in [0.5, 0.6) is 5.75 Å². The van der Waals surface area contributed by atoms with Gasteiger partial charge in [-0.1, -0.05) is 6.07 Å². The fourth-order valence-electron chi connectivity index (χ4n) is 1.29. The Morgan fingerprint density at radius 3 is 3.13 bits per heavy atom. The van der Waals surface area contributed by atoms with E-state index in [0.29, 0.717) is 17.0 Å². The van der Waals surface area contributed by atoms with Crippen LogP contribution in [0.2, 0.25) is 0 Å². The van der Waals surface area contributed by atoms with Crippen molar-refractivity contribution in [2.75, 3.05) is 7.11 Å². The molecule has 0 bridgehead atoms. The molecule has 0 unspecified atom stereocenters. The van der Waals surface area contributed by atoms with Crippen LogP contribution < -0.4 is 4.74 Å². The molecule has 0 amide bonds. The Labute approximate surface area is 86.8 Å². The van der Waals surface area contributed by atoms with Crippen LogP contribution in [0.25, 0.3) is 0 Å². The molecule has 1 heterocycles. The second-order valence-corrected chi connectivity index (χ2v) is 2.87. The number of ether oxygens (including phenoxy) is 2. The van der Waals surface area contributed by atoms with Crippen molar-refractivity contribution in [1.29, 1.82) is 0 Å². The molecule has 1 aliphatic heterocycles. The summed E-state index contributed by atoms with van der Waals surface area (Å²) >= 11 is 0. The van der Waals surface area contributed by atoms with Crippen LogP contribution >= 0.6 is 0 Å². The van der Waals surface area contributed by atoms with E-state index in [2.05, 4.69) is 9.73 Å². The first-order valence-corrected chi connectivity index (χ1v) is 4.40. The number of rotatable bonds is 1. The molecule has 0 N–H and O–H groups in total. The maximum atomic E-state index is 11.4. The summed E-state index contributed by atoms with van der Waals surface area (Å²) in [5.41, 5.74) is 0.893. The molecule has 4 nitrogen and oxygen atoms in total. The molecular weight excluding hydrogens is 194 g/mol. The Morgan fingerprint density at radius 2 is 2.33 bits per heavy atom. The summed E-state index contributed by atoms with van der Waals surface area (Å²) in [6, 6.07) is 5.12. The normalized spacial score (nSPS) is 12.6. The zero-order chi connectivity index (χ0) is 10.7. The Morgan fingerprint density at radius 1 is 1.47 bits per heavy atom. The van der Waals surface area contributed by atoms with Gasteiger partial charge in [-0.25, -0.2) is 4.79 Å². The van der Waals surface area contributed by atoms with Crippen molar-refractivity contribution < 1.29 is 14.3 Å². The molecule has 1 aliphatic rings. The molecule has 1 aromatic rings. The molecule has 0 atom stereocenters. The average Bonchev–Trinajstić information content (AvgIpc) is 2.52. The van der Waals surface area contributed by atoms with E-state index in [-0.39, 0.29) is 0 Å². The minimum Gasteiger partial charge on any atom is -0.465 e. The quantitative estimate of drug-likeness (QED) is 0.656. The van der Waals surface area contributed by atoms with Gasteiger partial charge >= 0.3 is 5.97 Å². The third kappa shape index (κ3) is 1.74. The summed E-state index contributed by atoms with van der Waals surface area (Å²) in [6.45, 7) is 0. The van der Waals surface area contributed by atoms with Gasteiger partial charge in [0.2, 0.25) is 0 Å². The number of hydrogen-bond acceptors (Lipinski definition) is 4. The summed E-state index contributed by atoms with van der Waals surface area (Å²) < 4.78 is 9.92. The number of carbonyl (C=O) groups excluding carboxylic acids is 1. The molecule has 15 heavy (non-hydrogen) atoms. The molecule has 0 aromatic heterocycles. The minimum absolute atomic E-state index is 0.398. The lowest BCUT2D eigenvalue weighted by molar-refractivity contribution is 0.0601. The lowest BCUT2D eigenvalue weighted by atomic mass is 10.1. The van der Waals surface area contributed by atoms with E-state index >= 15 is 0 Å². The van der Waals surface area contributed by atoms with Crippen LogP contribution in [0.3, 0.4) is 0 Å². The average molecular weight is 203 g/mol. The molecule has 0 saturated carbocycles. The number of esters is 1. The summed E-state index contributed by atoms with van der Waals surface area (Å²) in [6.07, 6.45) is 4.73. The highest BCUT2D eigenvalue weighted by Crippen LogP contribution is 2.32. The Bertz CT molecular complexity index is 449. The lowest BCUT2D eigenvalue weighted by Crippen LogP contribution is -2.01. The third-order valence-corrected chi connectivity index (χ3v) is 1.97. The van der Waals surface area contributed by atoms with Crippen LogP contribution in [-0.4, -0.2) is 19.3 Å². The van der Waals surface area contributed by atoms with Gasteiger partial charge in [-0.2, -0.15) is 0 Å². The molecule has 76 valence electrons. The number of nitrogens with zero attached hydrogens (tertiary/aromatic N) is 1. The monoisotopic (exact) mass is 203 g/mol. The molecule has 0 saturated heterocycles. The van der Waals surface area contributed by atoms with Gasteiger partial charge < -0.3 is 9.47 Å².